The Kier molecular flexibility index (Phi) is 4.71. The SMILES string of the molecule is Cc1ccccc1S(=O)(=O)c1ccc(C(=O)C=[N+]=[N-])c(Br)c1. The summed E-state index contributed by atoms with van der Waals surface area (Å²) in [5.74, 6) is -0.533. The van der Waals surface area contributed by atoms with Crippen molar-refractivity contribution in [2.75, 3.05) is 0 Å². The molecule has 0 unspecified atom stereocenters. The fraction of sp³-hybridized carbons (Fsp3) is 0.0667. The fourth-order valence-corrected chi connectivity index (χ4v) is 4.22. The lowest BCUT2D eigenvalue weighted by Crippen LogP contribution is -2.07. The Morgan fingerprint density at radius 3 is 2.50 bits per heavy atom. The molecule has 0 aliphatic heterocycles. The largest absolute Gasteiger partial charge is 0.361 e. The Morgan fingerprint density at radius 1 is 1.23 bits per heavy atom. The van der Waals surface area contributed by atoms with E-state index in [9.17, 15) is 13.2 Å². The molecule has 0 atom stereocenters. The molecule has 0 saturated heterocycles. The van der Waals surface area contributed by atoms with Gasteiger partial charge in [-0.05, 0) is 52.7 Å². The molecule has 0 aliphatic rings. The van der Waals surface area contributed by atoms with E-state index < -0.39 is 15.6 Å². The van der Waals surface area contributed by atoms with Crippen molar-refractivity contribution in [3.05, 3.63) is 63.6 Å². The fourth-order valence-electron chi connectivity index (χ4n) is 1.97. The Hall–Kier alpha value is -2.08. The molecule has 22 heavy (non-hydrogen) atoms. The van der Waals surface area contributed by atoms with E-state index in [4.69, 9.17) is 5.53 Å². The Balaban J connectivity index is 2.55. The topological polar surface area (TPSA) is 87.6 Å². The Bertz CT molecular complexity index is 901. The number of aryl methyl sites for hydroxylation is 1. The molecule has 0 amide bonds. The van der Waals surface area contributed by atoms with Crippen molar-refractivity contribution >= 4 is 37.8 Å². The molecule has 5 nitrogen and oxygen atoms in total. The van der Waals surface area contributed by atoms with Crippen LogP contribution in [0.15, 0.2) is 56.7 Å². The monoisotopic (exact) mass is 378 g/mol. The van der Waals surface area contributed by atoms with Crippen LogP contribution in [0.3, 0.4) is 0 Å². The molecule has 0 saturated carbocycles. The van der Waals surface area contributed by atoms with Crippen LogP contribution in [0.5, 0.6) is 0 Å². The van der Waals surface area contributed by atoms with Crippen molar-refractivity contribution in [3.63, 3.8) is 0 Å². The molecular weight excluding hydrogens is 368 g/mol. The lowest BCUT2D eigenvalue weighted by molar-refractivity contribution is 0.00234. The maximum absolute atomic E-state index is 12.6. The van der Waals surface area contributed by atoms with Crippen LogP contribution in [-0.2, 0) is 9.84 Å². The molecule has 0 aliphatic carbocycles. The minimum atomic E-state index is -3.67. The van der Waals surface area contributed by atoms with Crippen molar-refractivity contribution in [2.24, 2.45) is 0 Å². The number of carbonyl (C=O) groups is 1. The van der Waals surface area contributed by atoms with E-state index in [2.05, 4.69) is 20.7 Å². The highest BCUT2D eigenvalue weighted by Gasteiger charge is 2.21. The summed E-state index contributed by atoms with van der Waals surface area (Å²) in [6.07, 6.45) is 0.746. The molecule has 112 valence electrons. The number of rotatable bonds is 4. The van der Waals surface area contributed by atoms with E-state index >= 15 is 0 Å². The molecule has 0 bridgehead atoms. The summed E-state index contributed by atoms with van der Waals surface area (Å²) in [7, 11) is -3.67. The maximum atomic E-state index is 12.6. The second-order valence-corrected chi connectivity index (χ2v) is 7.29. The van der Waals surface area contributed by atoms with Gasteiger partial charge in [0.2, 0.25) is 9.84 Å². The van der Waals surface area contributed by atoms with Gasteiger partial charge in [0.05, 0.1) is 9.79 Å². The number of Topliss-reactive ketones (excluding diaryl/α,β-unsaturated/α-hetero) is 1. The van der Waals surface area contributed by atoms with Gasteiger partial charge in [-0.15, -0.1) is 0 Å². The van der Waals surface area contributed by atoms with Crippen molar-refractivity contribution in [1.29, 1.82) is 0 Å². The van der Waals surface area contributed by atoms with Gasteiger partial charge in [0, 0.05) is 10.0 Å². The van der Waals surface area contributed by atoms with Gasteiger partial charge in [-0.2, -0.15) is 4.79 Å². The van der Waals surface area contributed by atoms with Crippen LogP contribution in [0, 0.1) is 6.92 Å². The first-order chi connectivity index (χ1) is 10.4. The molecule has 0 spiro atoms. The average molecular weight is 379 g/mol. The zero-order chi connectivity index (χ0) is 16.3. The minimum absolute atomic E-state index is 0.0752. The van der Waals surface area contributed by atoms with E-state index in [0.29, 0.717) is 10.0 Å². The Labute approximate surface area is 136 Å². The van der Waals surface area contributed by atoms with Crippen LogP contribution < -0.4 is 0 Å². The molecule has 2 rings (SSSR count). The zero-order valence-electron chi connectivity index (χ0n) is 11.5. The van der Waals surface area contributed by atoms with Crippen molar-refractivity contribution in [1.82, 2.24) is 0 Å². The summed E-state index contributed by atoms with van der Waals surface area (Å²) in [6.45, 7) is 1.72. The van der Waals surface area contributed by atoms with Crippen molar-refractivity contribution < 1.29 is 18.0 Å². The van der Waals surface area contributed by atoms with Gasteiger partial charge in [0.15, 0.2) is 0 Å². The molecule has 0 aromatic heterocycles. The second-order valence-electron chi connectivity index (χ2n) is 4.52. The van der Waals surface area contributed by atoms with Crippen LogP contribution in [0.4, 0.5) is 0 Å². The summed E-state index contributed by atoms with van der Waals surface area (Å²) in [6, 6.07) is 10.8. The minimum Gasteiger partial charge on any atom is -0.361 e. The number of ketones is 1. The van der Waals surface area contributed by atoms with Gasteiger partial charge >= 0.3 is 6.21 Å². The lowest BCUT2D eigenvalue weighted by Gasteiger charge is -2.09. The number of sulfone groups is 1. The van der Waals surface area contributed by atoms with Crippen LogP contribution >= 0.6 is 15.9 Å². The second kappa shape index (κ2) is 6.36. The number of nitrogens with zero attached hydrogens (tertiary/aromatic N) is 2. The third-order valence-electron chi connectivity index (χ3n) is 3.07. The van der Waals surface area contributed by atoms with Crippen molar-refractivity contribution in [2.45, 2.75) is 16.7 Å². The first kappa shape index (κ1) is 16.3. The summed E-state index contributed by atoms with van der Waals surface area (Å²) in [4.78, 5) is 14.6. The molecule has 2 aromatic rings. The standard InChI is InChI=1S/C15H11BrN2O3S/c1-10-4-2-3-5-15(10)22(20,21)11-6-7-12(13(16)8-11)14(19)9-18-17/h2-9H,1H3. The number of halogens is 1. The molecular formula is C15H11BrN2O3S. The highest BCUT2D eigenvalue weighted by Crippen LogP contribution is 2.27. The van der Waals surface area contributed by atoms with E-state index in [0.717, 1.165) is 6.21 Å². The van der Waals surface area contributed by atoms with Gasteiger partial charge < -0.3 is 5.53 Å². The van der Waals surface area contributed by atoms with Gasteiger partial charge in [0.25, 0.3) is 5.78 Å². The van der Waals surface area contributed by atoms with E-state index in [1.807, 2.05) is 0 Å². The summed E-state index contributed by atoms with van der Waals surface area (Å²) in [5, 5.41) is 0. The van der Waals surface area contributed by atoms with E-state index in [1.165, 1.54) is 24.3 Å². The number of benzene rings is 2. The van der Waals surface area contributed by atoms with Gasteiger partial charge in [-0.25, -0.2) is 8.42 Å². The van der Waals surface area contributed by atoms with Gasteiger partial charge in [-0.3, -0.25) is 4.79 Å². The highest BCUT2D eigenvalue weighted by molar-refractivity contribution is 9.10. The first-order valence-corrected chi connectivity index (χ1v) is 8.47. The number of hydrogen-bond donors (Lipinski definition) is 0. The van der Waals surface area contributed by atoms with Gasteiger partial charge in [-0.1, -0.05) is 18.2 Å². The molecule has 0 N–H and O–H groups in total. The van der Waals surface area contributed by atoms with E-state index in [-0.39, 0.29) is 15.4 Å². The average Bonchev–Trinajstić information content (AvgIpc) is 2.47. The zero-order valence-corrected chi connectivity index (χ0v) is 13.9. The summed E-state index contributed by atoms with van der Waals surface area (Å²) >= 11 is 3.17. The van der Waals surface area contributed by atoms with Crippen LogP contribution in [-0.4, -0.2) is 25.2 Å². The van der Waals surface area contributed by atoms with E-state index in [1.54, 1.807) is 25.1 Å². The maximum Gasteiger partial charge on any atom is 0.328 e. The predicted molar refractivity (Wildman–Crippen MR) is 84.8 cm³/mol. The Morgan fingerprint density at radius 2 is 1.91 bits per heavy atom. The number of carbonyl (C=O) groups excluding carboxylic acids is 1. The predicted octanol–water partition coefficient (Wildman–Crippen LogP) is 3.07. The molecule has 2 aromatic carbocycles. The first-order valence-electron chi connectivity index (χ1n) is 6.20. The third kappa shape index (κ3) is 3.06. The van der Waals surface area contributed by atoms with Gasteiger partial charge in [0.1, 0.15) is 0 Å². The normalized spacial score (nSPS) is 10.8. The summed E-state index contributed by atoms with van der Waals surface area (Å²) in [5.41, 5.74) is 9.24. The third-order valence-corrected chi connectivity index (χ3v) is 5.64. The smallest absolute Gasteiger partial charge is 0.328 e. The number of hydrogen-bond acceptors (Lipinski definition) is 3. The molecule has 0 heterocycles. The highest BCUT2D eigenvalue weighted by atomic mass is 79.9. The quantitative estimate of drug-likeness (QED) is 0.354. The van der Waals surface area contributed by atoms with Crippen LogP contribution in [0.1, 0.15) is 15.9 Å². The molecule has 0 fully saturated rings. The molecule has 7 heteroatoms. The summed E-state index contributed by atoms with van der Waals surface area (Å²) < 4.78 is 25.6. The van der Waals surface area contributed by atoms with Crippen LogP contribution in [0.2, 0.25) is 0 Å². The lowest BCUT2D eigenvalue weighted by atomic mass is 10.1. The van der Waals surface area contributed by atoms with Crippen LogP contribution in [0.25, 0.3) is 5.53 Å². The van der Waals surface area contributed by atoms with Crippen molar-refractivity contribution in [3.8, 4) is 0 Å². The molecule has 0 radical (unpaired) electrons.